The Morgan fingerprint density at radius 2 is 1.20 bits per heavy atom. The van der Waals surface area contributed by atoms with Crippen LogP contribution in [0.3, 0.4) is 0 Å². The minimum absolute atomic E-state index is 0.0468. The van der Waals surface area contributed by atoms with Crippen molar-refractivity contribution in [1.29, 1.82) is 0 Å². The van der Waals surface area contributed by atoms with Gasteiger partial charge in [-0.3, -0.25) is 4.57 Å². The first-order valence-corrected chi connectivity index (χ1v) is 15.6. The maximum absolute atomic E-state index is 6.42. The van der Waals surface area contributed by atoms with E-state index < -0.39 is 0 Å². The number of aromatic nitrogens is 2. The van der Waals surface area contributed by atoms with Crippen LogP contribution in [0.4, 0.5) is 0 Å². The zero-order chi connectivity index (χ0) is 30.7. The Hall–Kier alpha value is -5.41. The summed E-state index contributed by atoms with van der Waals surface area (Å²) < 4.78 is 8.79. The van der Waals surface area contributed by atoms with Gasteiger partial charge in [-0.25, -0.2) is 4.98 Å². The molecule has 0 saturated carbocycles. The predicted molar refractivity (Wildman–Crippen MR) is 188 cm³/mol. The number of para-hydroxylation sites is 3. The molecule has 3 heteroatoms. The fourth-order valence-electron chi connectivity index (χ4n) is 6.62. The average molecular weight is 583 g/mol. The SMILES string of the molecule is Cc1cc(-c2nc3ccccc3n2-c2c(-c3ccccc3)cc(C(C)(C)C)cc2-c2ccccc2)cc2oc3ccccc3c12. The molecule has 0 radical (unpaired) electrons. The molecule has 6 aromatic carbocycles. The van der Waals surface area contributed by atoms with E-state index in [1.54, 1.807) is 0 Å². The van der Waals surface area contributed by atoms with Crippen LogP contribution in [-0.2, 0) is 5.41 Å². The number of hydrogen-bond donors (Lipinski definition) is 0. The van der Waals surface area contributed by atoms with Gasteiger partial charge in [-0.15, -0.1) is 0 Å². The Bertz CT molecular complexity index is 2290. The van der Waals surface area contributed by atoms with Gasteiger partial charge >= 0.3 is 0 Å². The van der Waals surface area contributed by atoms with Crippen LogP contribution in [0.2, 0.25) is 0 Å². The summed E-state index contributed by atoms with van der Waals surface area (Å²) in [5, 5.41) is 2.29. The molecule has 0 saturated heterocycles. The second-order valence-electron chi connectivity index (χ2n) is 12.9. The van der Waals surface area contributed by atoms with Crippen LogP contribution in [0.5, 0.6) is 0 Å². The van der Waals surface area contributed by atoms with E-state index in [-0.39, 0.29) is 5.41 Å². The quantitative estimate of drug-likeness (QED) is 0.207. The third kappa shape index (κ3) is 4.55. The summed E-state index contributed by atoms with van der Waals surface area (Å²) in [5.74, 6) is 0.888. The highest BCUT2D eigenvalue weighted by Crippen LogP contribution is 2.44. The van der Waals surface area contributed by atoms with Crippen molar-refractivity contribution in [2.75, 3.05) is 0 Å². The second-order valence-corrected chi connectivity index (χ2v) is 12.9. The highest BCUT2D eigenvalue weighted by molar-refractivity contribution is 6.08. The number of nitrogens with zero attached hydrogens (tertiary/aromatic N) is 2. The van der Waals surface area contributed by atoms with Crippen LogP contribution in [0.15, 0.2) is 138 Å². The number of aryl methyl sites for hydroxylation is 1. The summed E-state index contributed by atoms with van der Waals surface area (Å²) in [6.07, 6.45) is 0. The van der Waals surface area contributed by atoms with Crippen molar-refractivity contribution in [3.63, 3.8) is 0 Å². The van der Waals surface area contributed by atoms with Crippen LogP contribution < -0.4 is 0 Å². The molecule has 8 rings (SSSR count). The molecular formula is C42H34N2O. The smallest absolute Gasteiger partial charge is 0.145 e. The van der Waals surface area contributed by atoms with Gasteiger partial charge in [-0.2, -0.15) is 0 Å². The van der Waals surface area contributed by atoms with E-state index in [0.717, 1.165) is 50.0 Å². The van der Waals surface area contributed by atoms with Crippen molar-refractivity contribution in [3.8, 4) is 39.3 Å². The molecule has 0 unspecified atom stereocenters. The van der Waals surface area contributed by atoms with E-state index in [4.69, 9.17) is 9.40 Å². The van der Waals surface area contributed by atoms with E-state index >= 15 is 0 Å². The Morgan fingerprint density at radius 3 is 1.87 bits per heavy atom. The number of rotatable bonds is 4. The van der Waals surface area contributed by atoms with Gasteiger partial charge in [0, 0.05) is 27.5 Å². The monoisotopic (exact) mass is 582 g/mol. The summed E-state index contributed by atoms with van der Waals surface area (Å²) in [6.45, 7) is 9.03. The lowest BCUT2D eigenvalue weighted by Crippen LogP contribution is -2.13. The largest absolute Gasteiger partial charge is 0.456 e. The summed E-state index contributed by atoms with van der Waals surface area (Å²) in [7, 11) is 0. The van der Waals surface area contributed by atoms with E-state index in [2.05, 4.69) is 154 Å². The van der Waals surface area contributed by atoms with Crippen molar-refractivity contribution in [2.45, 2.75) is 33.1 Å². The third-order valence-electron chi connectivity index (χ3n) is 8.86. The molecule has 0 aliphatic rings. The first-order chi connectivity index (χ1) is 21.9. The Labute approximate surface area is 263 Å². The van der Waals surface area contributed by atoms with Gasteiger partial charge in [0.25, 0.3) is 0 Å². The van der Waals surface area contributed by atoms with Gasteiger partial charge in [-0.1, -0.05) is 112 Å². The zero-order valence-electron chi connectivity index (χ0n) is 26.0. The van der Waals surface area contributed by atoms with Crippen LogP contribution in [0.1, 0.15) is 31.9 Å². The van der Waals surface area contributed by atoms with Crippen molar-refractivity contribution in [3.05, 3.63) is 145 Å². The van der Waals surface area contributed by atoms with Crippen LogP contribution in [0.25, 0.3) is 72.3 Å². The lowest BCUT2D eigenvalue weighted by molar-refractivity contribution is 0.590. The van der Waals surface area contributed by atoms with Gasteiger partial charge in [0.2, 0.25) is 0 Å². The number of furan rings is 1. The molecule has 0 atom stereocenters. The molecule has 218 valence electrons. The van der Waals surface area contributed by atoms with Gasteiger partial charge in [0.05, 0.1) is 16.7 Å². The molecule has 45 heavy (non-hydrogen) atoms. The molecule has 0 spiro atoms. The number of fused-ring (bicyclic) bond motifs is 4. The summed E-state index contributed by atoms with van der Waals surface area (Å²) >= 11 is 0. The predicted octanol–water partition coefficient (Wildman–Crippen LogP) is 11.5. The molecule has 0 amide bonds. The molecule has 0 fully saturated rings. The number of imidazole rings is 1. The van der Waals surface area contributed by atoms with Crippen molar-refractivity contribution < 1.29 is 4.42 Å². The van der Waals surface area contributed by atoms with E-state index in [1.165, 1.54) is 33.4 Å². The van der Waals surface area contributed by atoms with Crippen molar-refractivity contribution in [1.82, 2.24) is 9.55 Å². The fourth-order valence-corrected chi connectivity index (χ4v) is 6.62. The third-order valence-corrected chi connectivity index (χ3v) is 8.86. The van der Waals surface area contributed by atoms with Gasteiger partial charge in [0.1, 0.15) is 17.0 Å². The summed E-state index contributed by atoms with van der Waals surface area (Å²) in [5.41, 5.74) is 13.0. The summed E-state index contributed by atoms with van der Waals surface area (Å²) in [4.78, 5) is 5.32. The molecule has 0 bridgehead atoms. The van der Waals surface area contributed by atoms with E-state index in [1.807, 2.05) is 12.1 Å². The first kappa shape index (κ1) is 27.2. The summed E-state index contributed by atoms with van der Waals surface area (Å²) in [6, 6.07) is 47.4. The minimum Gasteiger partial charge on any atom is -0.456 e. The molecule has 0 aliphatic heterocycles. The molecule has 2 aromatic heterocycles. The maximum Gasteiger partial charge on any atom is 0.145 e. The minimum atomic E-state index is -0.0468. The van der Waals surface area contributed by atoms with Gasteiger partial charge in [0.15, 0.2) is 0 Å². The number of hydrogen-bond acceptors (Lipinski definition) is 2. The second kappa shape index (κ2) is 10.3. The van der Waals surface area contributed by atoms with Gasteiger partial charge in [-0.05, 0) is 77.1 Å². The van der Waals surface area contributed by atoms with Crippen LogP contribution >= 0.6 is 0 Å². The fraction of sp³-hybridized carbons (Fsp3) is 0.119. The lowest BCUT2D eigenvalue weighted by Gasteiger charge is -2.26. The average Bonchev–Trinajstić information content (AvgIpc) is 3.63. The van der Waals surface area contributed by atoms with Crippen molar-refractivity contribution >= 4 is 33.0 Å². The topological polar surface area (TPSA) is 31.0 Å². The molecule has 8 aromatic rings. The molecular weight excluding hydrogens is 548 g/mol. The molecule has 2 heterocycles. The highest BCUT2D eigenvalue weighted by Gasteiger charge is 2.25. The molecule has 3 nitrogen and oxygen atoms in total. The Morgan fingerprint density at radius 1 is 0.600 bits per heavy atom. The molecule has 0 N–H and O–H groups in total. The normalized spacial score (nSPS) is 12.0. The maximum atomic E-state index is 6.42. The Kier molecular flexibility index (Phi) is 6.25. The van der Waals surface area contributed by atoms with Gasteiger partial charge < -0.3 is 4.42 Å². The zero-order valence-corrected chi connectivity index (χ0v) is 26.0. The van der Waals surface area contributed by atoms with Crippen molar-refractivity contribution in [2.24, 2.45) is 0 Å². The van der Waals surface area contributed by atoms with Crippen LogP contribution in [-0.4, -0.2) is 9.55 Å². The standard InChI is InChI=1S/C42H34N2O/c1-27-23-30(24-38-39(27)32-19-11-14-22-37(32)45-38)41-43-35-20-12-13-21-36(35)44(41)40-33(28-15-7-5-8-16-28)25-31(42(2,3)4)26-34(40)29-17-9-6-10-18-29/h5-26H,1-4H3. The highest BCUT2D eigenvalue weighted by atomic mass is 16.3. The first-order valence-electron chi connectivity index (χ1n) is 15.6. The molecule has 0 aliphatic carbocycles. The number of benzene rings is 6. The Balaban J connectivity index is 1.52. The van der Waals surface area contributed by atoms with E-state index in [9.17, 15) is 0 Å². The lowest BCUT2D eigenvalue weighted by atomic mass is 9.82. The van der Waals surface area contributed by atoms with E-state index in [0.29, 0.717) is 0 Å². The van der Waals surface area contributed by atoms with Crippen LogP contribution in [0, 0.1) is 6.92 Å².